The van der Waals surface area contributed by atoms with Crippen LogP contribution in [0.15, 0.2) is 42.6 Å². The molecule has 0 spiro atoms. The number of anilines is 2. The quantitative estimate of drug-likeness (QED) is 0.707. The summed E-state index contributed by atoms with van der Waals surface area (Å²) in [6.07, 6.45) is 2.28. The normalized spacial score (nSPS) is 11.2. The number of aromatic nitrogens is 1. The molecule has 0 radical (unpaired) electrons. The average molecular weight is 417 g/mol. The summed E-state index contributed by atoms with van der Waals surface area (Å²) >= 11 is 0. The van der Waals surface area contributed by atoms with E-state index in [0.29, 0.717) is 23.8 Å². The standard InChI is InChI=1S/C19H25FN4O.2ClH/c1-13(2)16(21)10-12-24(3)19(25)14-7-6-11-22-18(14)23-17-9-5-4-8-15(17)20;;/h4-9,11,13,16H,10,12,21H2,1-3H3,(H,22,23);2*1H. The maximum absolute atomic E-state index is 13.9. The predicted molar refractivity (Wildman–Crippen MR) is 113 cm³/mol. The van der Waals surface area contributed by atoms with E-state index in [0.717, 1.165) is 6.42 Å². The molecule has 0 aliphatic heterocycles. The summed E-state index contributed by atoms with van der Waals surface area (Å²) < 4.78 is 13.9. The van der Waals surface area contributed by atoms with E-state index in [9.17, 15) is 9.18 Å². The maximum Gasteiger partial charge on any atom is 0.257 e. The number of carbonyl (C=O) groups excluding carboxylic acids is 1. The van der Waals surface area contributed by atoms with E-state index in [4.69, 9.17) is 5.73 Å². The molecule has 1 aromatic heterocycles. The van der Waals surface area contributed by atoms with Crippen molar-refractivity contribution in [2.24, 2.45) is 11.7 Å². The third kappa shape index (κ3) is 6.97. The van der Waals surface area contributed by atoms with Crippen molar-refractivity contribution >= 4 is 42.2 Å². The lowest BCUT2D eigenvalue weighted by Gasteiger charge is -2.22. The second-order valence-electron chi connectivity index (χ2n) is 6.43. The molecule has 3 N–H and O–H groups in total. The van der Waals surface area contributed by atoms with Crippen molar-refractivity contribution in [1.29, 1.82) is 0 Å². The highest BCUT2D eigenvalue weighted by Crippen LogP contribution is 2.22. The lowest BCUT2D eigenvalue weighted by Crippen LogP contribution is -2.35. The lowest BCUT2D eigenvalue weighted by molar-refractivity contribution is 0.0790. The number of benzene rings is 1. The SMILES string of the molecule is CC(C)C(N)CCN(C)C(=O)c1cccnc1Nc1ccccc1F.Cl.Cl. The molecule has 1 unspecified atom stereocenters. The van der Waals surface area contributed by atoms with Crippen molar-refractivity contribution < 1.29 is 9.18 Å². The highest BCUT2D eigenvalue weighted by atomic mass is 35.5. The lowest BCUT2D eigenvalue weighted by atomic mass is 10.0. The number of halogens is 3. The van der Waals surface area contributed by atoms with Gasteiger partial charge in [-0.25, -0.2) is 9.37 Å². The van der Waals surface area contributed by atoms with Gasteiger partial charge in [0, 0.05) is 25.8 Å². The van der Waals surface area contributed by atoms with E-state index in [1.54, 1.807) is 48.5 Å². The van der Waals surface area contributed by atoms with Crippen molar-refractivity contribution in [3.63, 3.8) is 0 Å². The maximum atomic E-state index is 13.9. The molecule has 1 atom stereocenters. The molecule has 2 rings (SSSR count). The molecule has 27 heavy (non-hydrogen) atoms. The van der Waals surface area contributed by atoms with Crippen molar-refractivity contribution in [3.8, 4) is 0 Å². The number of rotatable bonds is 7. The van der Waals surface area contributed by atoms with Crippen LogP contribution in [-0.2, 0) is 0 Å². The van der Waals surface area contributed by atoms with E-state index in [1.807, 2.05) is 0 Å². The zero-order valence-corrected chi connectivity index (χ0v) is 17.3. The van der Waals surface area contributed by atoms with Crippen molar-refractivity contribution in [2.75, 3.05) is 18.9 Å². The number of amides is 1. The number of carbonyl (C=O) groups is 1. The Morgan fingerprint density at radius 2 is 1.89 bits per heavy atom. The number of nitrogens with two attached hydrogens (primary N) is 1. The molecule has 0 aliphatic carbocycles. The molecule has 0 bridgehead atoms. The summed E-state index contributed by atoms with van der Waals surface area (Å²) in [4.78, 5) is 18.5. The third-order valence-electron chi connectivity index (χ3n) is 4.17. The van der Waals surface area contributed by atoms with Crippen LogP contribution in [0.4, 0.5) is 15.9 Å². The summed E-state index contributed by atoms with van der Waals surface area (Å²) in [6, 6.07) is 9.69. The molecular formula is C19H27Cl2FN4O. The van der Waals surface area contributed by atoms with Crippen LogP contribution in [0.1, 0.15) is 30.6 Å². The van der Waals surface area contributed by atoms with Crippen LogP contribution >= 0.6 is 24.8 Å². The highest BCUT2D eigenvalue weighted by molar-refractivity contribution is 5.99. The molecule has 8 heteroatoms. The molecule has 0 saturated heterocycles. The van der Waals surface area contributed by atoms with Crippen LogP contribution in [0.3, 0.4) is 0 Å². The van der Waals surface area contributed by atoms with Gasteiger partial charge in [0.1, 0.15) is 11.6 Å². The highest BCUT2D eigenvalue weighted by Gasteiger charge is 2.18. The molecule has 2 aromatic rings. The van der Waals surface area contributed by atoms with Gasteiger partial charge in [0.2, 0.25) is 0 Å². The Bertz CT molecular complexity index is 730. The van der Waals surface area contributed by atoms with Gasteiger partial charge in [0.25, 0.3) is 5.91 Å². The predicted octanol–water partition coefficient (Wildman–Crippen LogP) is 4.25. The van der Waals surface area contributed by atoms with Gasteiger partial charge in [-0.05, 0) is 36.6 Å². The molecule has 5 nitrogen and oxygen atoms in total. The van der Waals surface area contributed by atoms with E-state index in [1.165, 1.54) is 6.07 Å². The fraction of sp³-hybridized carbons (Fsp3) is 0.368. The first-order valence-electron chi connectivity index (χ1n) is 8.37. The van der Waals surface area contributed by atoms with Gasteiger partial charge < -0.3 is 16.0 Å². The van der Waals surface area contributed by atoms with Crippen LogP contribution in [0.2, 0.25) is 0 Å². The Morgan fingerprint density at radius 1 is 1.22 bits per heavy atom. The molecule has 1 heterocycles. The van der Waals surface area contributed by atoms with E-state index >= 15 is 0 Å². The van der Waals surface area contributed by atoms with Crippen LogP contribution in [0.5, 0.6) is 0 Å². The minimum absolute atomic E-state index is 0. The number of hydrogen-bond donors (Lipinski definition) is 2. The van der Waals surface area contributed by atoms with Gasteiger partial charge in [-0.2, -0.15) is 0 Å². The fourth-order valence-electron chi connectivity index (χ4n) is 2.35. The first-order chi connectivity index (χ1) is 11.9. The minimum atomic E-state index is -0.400. The number of para-hydroxylation sites is 1. The second-order valence-corrected chi connectivity index (χ2v) is 6.43. The molecule has 0 aliphatic rings. The number of pyridine rings is 1. The molecule has 1 amide bonds. The molecule has 1 aromatic carbocycles. The monoisotopic (exact) mass is 416 g/mol. The van der Waals surface area contributed by atoms with Gasteiger partial charge in [-0.3, -0.25) is 4.79 Å². The van der Waals surface area contributed by atoms with Gasteiger partial charge >= 0.3 is 0 Å². The summed E-state index contributed by atoms with van der Waals surface area (Å²) in [5, 5.41) is 2.90. The number of nitrogens with zero attached hydrogens (tertiary/aromatic N) is 2. The number of nitrogens with one attached hydrogen (secondary N) is 1. The summed E-state index contributed by atoms with van der Waals surface area (Å²) in [7, 11) is 1.73. The Morgan fingerprint density at radius 3 is 2.52 bits per heavy atom. The average Bonchev–Trinajstić information content (AvgIpc) is 2.61. The van der Waals surface area contributed by atoms with Gasteiger partial charge in [-0.15, -0.1) is 24.8 Å². The smallest absolute Gasteiger partial charge is 0.257 e. The Hall–Kier alpha value is -1.89. The Balaban J connectivity index is 0.00000338. The summed E-state index contributed by atoms with van der Waals surface area (Å²) in [5.41, 5.74) is 6.72. The second kappa shape index (κ2) is 11.7. The van der Waals surface area contributed by atoms with Gasteiger partial charge in [-0.1, -0.05) is 26.0 Å². The van der Waals surface area contributed by atoms with Crippen molar-refractivity contribution in [2.45, 2.75) is 26.3 Å². The van der Waals surface area contributed by atoms with E-state index in [2.05, 4.69) is 24.1 Å². The first kappa shape index (κ1) is 25.1. The third-order valence-corrected chi connectivity index (χ3v) is 4.17. The zero-order chi connectivity index (χ0) is 18.4. The molecular weight excluding hydrogens is 390 g/mol. The fourth-order valence-corrected chi connectivity index (χ4v) is 2.35. The zero-order valence-electron chi connectivity index (χ0n) is 15.7. The van der Waals surface area contributed by atoms with Crippen molar-refractivity contribution in [3.05, 3.63) is 54.0 Å². The Kier molecular flexibility index (Phi) is 10.9. The topological polar surface area (TPSA) is 71.2 Å². The van der Waals surface area contributed by atoms with Crippen LogP contribution in [0.25, 0.3) is 0 Å². The van der Waals surface area contributed by atoms with Crippen LogP contribution < -0.4 is 11.1 Å². The number of hydrogen-bond acceptors (Lipinski definition) is 4. The van der Waals surface area contributed by atoms with E-state index in [-0.39, 0.29) is 42.5 Å². The first-order valence-corrected chi connectivity index (χ1v) is 8.37. The molecule has 0 saturated carbocycles. The van der Waals surface area contributed by atoms with Gasteiger partial charge in [0.15, 0.2) is 0 Å². The molecule has 0 fully saturated rings. The summed E-state index contributed by atoms with van der Waals surface area (Å²) in [5.74, 6) is 0.114. The largest absolute Gasteiger partial charge is 0.342 e. The Labute approximate surface area is 172 Å². The van der Waals surface area contributed by atoms with Gasteiger partial charge in [0.05, 0.1) is 11.3 Å². The van der Waals surface area contributed by atoms with Crippen molar-refractivity contribution in [1.82, 2.24) is 9.88 Å². The van der Waals surface area contributed by atoms with E-state index < -0.39 is 5.82 Å². The molecule has 150 valence electrons. The minimum Gasteiger partial charge on any atom is -0.342 e. The van der Waals surface area contributed by atoms with Crippen LogP contribution in [0, 0.1) is 11.7 Å². The summed E-state index contributed by atoms with van der Waals surface area (Å²) in [6.45, 7) is 4.67. The van der Waals surface area contributed by atoms with Crippen LogP contribution in [-0.4, -0.2) is 35.4 Å².